The molecule has 0 saturated heterocycles. The van der Waals surface area contributed by atoms with E-state index in [2.05, 4.69) is 121 Å². The maximum absolute atomic E-state index is 7.11. The first kappa shape index (κ1) is 17.0. The summed E-state index contributed by atoms with van der Waals surface area (Å²) < 4.78 is 0. The van der Waals surface area contributed by atoms with Crippen molar-refractivity contribution < 1.29 is 0 Å². The highest BCUT2D eigenvalue weighted by Crippen LogP contribution is 2.70. The highest BCUT2D eigenvalue weighted by Gasteiger charge is 2.77. The minimum absolute atomic E-state index is 0.0606. The molecule has 2 N–H and O–H groups in total. The van der Waals surface area contributed by atoms with Crippen LogP contribution in [0.1, 0.15) is 22.3 Å². The van der Waals surface area contributed by atoms with Gasteiger partial charge in [0.2, 0.25) is 0 Å². The van der Waals surface area contributed by atoms with E-state index in [1.807, 2.05) is 0 Å². The number of hydrogen-bond acceptors (Lipinski definition) is 1. The zero-order valence-electron chi connectivity index (χ0n) is 15.7. The normalized spacial score (nSPS) is 17.2. The van der Waals surface area contributed by atoms with E-state index in [0.29, 0.717) is 0 Å². The Morgan fingerprint density at radius 2 is 0.607 bits per heavy atom. The second kappa shape index (κ2) is 6.47. The summed E-state index contributed by atoms with van der Waals surface area (Å²) in [7, 11) is 0. The van der Waals surface area contributed by atoms with Crippen molar-refractivity contribution in [2.24, 2.45) is 5.73 Å². The Morgan fingerprint density at radius 3 is 0.821 bits per heavy atom. The van der Waals surface area contributed by atoms with Crippen molar-refractivity contribution in [3.05, 3.63) is 144 Å². The minimum Gasteiger partial charge on any atom is -0.325 e. The van der Waals surface area contributed by atoms with Gasteiger partial charge in [0.05, 0.1) is 10.8 Å². The van der Waals surface area contributed by atoms with Gasteiger partial charge in [0.15, 0.2) is 0 Å². The van der Waals surface area contributed by atoms with Crippen LogP contribution in [-0.2, 0) is 10.8 Å². The molecule has 0 spiro atoms. The van der Waals surface area contributed by atoms with E-state index in [9.17, 15) is 0 Å². The molecule has 0 radical (unpaired) electrons. The Kier molecular flexibility index (Phi) is 3.92. The summed E-state index contributed by atoms with van der Waals surface area (Å²) in [6, 6.07) is 42.9. The highest BCUT2D eigenvalue weighted by atomic mass is 14.9. The highest BCUT2D eigenvalue weighted by molar-refractivity contribution is 5.69. The third-order valence-electron chi connectivity index (χ3n) is 6.39. The SMILES string of the molecule is NC1C(c2ccccc2)(c2ccccc2)C1(c1ccccc1)c1ccccc1. The molecule has 1 saturated carbocycles. The van der Waals surface area contributed by atoms with Crippen molar-refractivity contribution in [3.63, 3.8) is 0 Å². The summed E-state index contributed by atoms with van der Waals surface area (Å²) in [5, 5.41) is 0. The first-order chi connectivity index (χ1) is 13.8. The molecule has 1 fully saturated rings. The number of hydrogen-bond donors (Lipinski definition) is 1. The fourth-order valence-electron chi connectivity index (χ4n) is 5.27. The predicted molar refractivity (Wildman–Crippen MR) is 115 cm³/mol. The van der Waals surface area contributed by atoms with E-state index in [1.54, 1.807) is 0 Å². The van der Waals surface area contributed by atoms with Gasteiger partial charge in [-0.3, -0.25) is 0 Å². The summed E-state index contributed by atoms with van der Waals surface area (Å²) in [5.41, 5.74) is 11.6. The maximum atomic E-state index is 7.11. The van der Waals surface area contributed by atoms with Gasteiger partial charge in [-0.2, -0.15) is 0 Å². The van der Waals surface area contributed by atoms with Crippen molar-refractivity contribution >= 4 is 0 Å². The van der Waals surface area contributed by atoms with Crippen LogP contribution in [0.4, 0.5) is 0 Å². The fourth-order valence-corrected chi connectivity index (χ4v) is 5.27. The molecule has 1 aliphatic carbocycles. The molecule has 4 aromatic carbocycles. The van der Waals surface area contributed by atoms with Gasteiger partial charge in [-0.05, 0) is 22.3 Å². The molecule has 0 aliphatic heterocycles. The summed E-state index contributed by atoms with van der Waals surface area (Å²) in [4.78, 5) is 0. The Balaban J connectivity index is 1.87. The minimum atomic E-state index is -0.307. The van der Waals surface area contributed by atoms with Crippen LogP contribution in [0.3, 0.4) is 0 Å². The molecule has 136 valence electrons. The van der Waals surface area contributed by atoms with Gasteiger partial charge in [-0.25, -0.2) is 0 Å². The quantitative estimate of drug-likeness (QED) is 0.524. The van der Waals surface area contributed by atoms with Crippen molar-refractivity contribution in [3.8, 4) is 0 Å². The lowest BCUT2D eigenvalue weighted by Crippen LogP contribution is -2.25. The van der Waals surface area contributed by atoms with Gasteiger partial charge in [-0.15, -0.1) is 0 Å². The van der Waals surface area contributed by atoms with Crippen LogP contribution in [-0.4, -0.2) is 6.04 Å². The van der Waals surface area contributed by atoms with Crippen LogP contribution < -0.4 is 5.73 Å². The molecule has 0 aromatic heterocycles. The third kappa shape index (κ3) is 2.11. The zero-order valence-corrected chi connectivity index (χ0v) is 15.7. The molecule has 1 heteroatoms. The molecule has 5 rings (SSSR count). The molecule has 0 heterocycles. The average molecular weight is 361 g/mol. The second-order valence-corrected chi connectivity index (χ2v) is 7.56. The first-order valence-electron chi connectivity index (χ1n) is 9.80. The van der Waals surface area contributed by atoms with E-state index in [1.165, 1.54) is 22.3 Å². The molecule has 1 aliphatic rings. The smallest absolute Gasteiger partial charge is 0.0518 e. The Labute approximate surface area is 166 Å². The Hall–Kier alpha value is -3.16. The summed E-state index contributed by atoms with van der Waals surface area (Å²) in [5.74, 6) is 0. The van der Waals surface area contributed by atoms with E-state index in [4.69, 9.17) is 5.73 Å². The van der Waals surface area contributed by atoms with E-state index >= 15 is 0 Å². The van der Waals surface area contributed by atoms with E-state index < -0.39 is 0 Å². The first-order valence-corrected chi connectivity index (χ1v) is 9.80. The lowest BCUT2D eigenvalue weighted by atomic mass is 9.74. The topological polar surface area (TPSA) is 26.0 Å². The van der Waals surface area contributed by atoms with Crippen LogP contribution in [0.2, 0.25) is 0 Å². The average Bonchev–Trinajstić information content (AvgIpc) is 3.37. The molecule has 0 atom stereocenters. The summed E-state index contributed by atoms with van der Waals surface area (Å²) in [6.45, 7) is 0. The number of benzene rings is 4. The van der Waals surface area contributed by atoms with Crippen LogP contribution in [0, 0.1) is 0 Å². The van der Waals surface area contributed by atoms with Crippen molar-refractivity contribution in [2.75, 3.05) is 0 Å². The number of nitrogens with two attached hydrogens (primary N) is 1. The lowest BCUT2D eigenvalue weighted by Gasteiger charge is -2.28. The monoisotopic (exact) mass is 361 g/mol. The molecule has 0 unspecified atom stereocenters. The van der Waals surface area contributed by atoms with Crippen LogP contribution in [0.5, 0.6) is 0 Å². The second-order valence-electron chi connectivity index (χ2n) is 7.56. The van der Waals surface area contributed by atoms with Gasteiger partial charge in [-0.1, -0.05) is 121 Å². The Morgan fingerprint density at radius 1 is 0.393 bits per heavy atom. The van der Waals surface area contributed by atoms with Crippen LogP contribution in [0.15, 0.2) is 121 Å². The molecule has 4 aromatic rings. The van der Waals surface area contributed by atoms with Gasteiger partial charge in [0.25, 0.3) is 0 Å². The van der Waals surface area contributed by atoms with Crippen molar-refractivity contribution in [1.82, 2.24) is 0 Å². The molecule has 0 amide bonds. The van der Waals surface area contributed by atoms with Gasteiger partial charge >= 0.3 is 0 Å². The van der Waals surface area contributed by atoms with Crippen LogP contribution in [0.25, 0.3) is 0 Å². The standard InChI is InChI=1S/C27H23N/c28-25-26(21-13-5-1-6-14-21,22-15-7-2-8-16-22)27(25,23-17-9-3-10-18-23)24-19-11-4-12-20-24/h1-20,25H,28H2. The predicted octanol–water partition coefficient (Wildman–Crippen LogP) is 5.30. The summed E-state index contributed by atoms with van der Waals surface area (Å²) in [6.07, 6.45) is 0. The van der Waals surface area contributed by atoms with Crippen LogP contribution >= 0.6 is 0 Å². The van der Waals surface area contributed by atoms with Crippen molar-refractivity contribution in [1.29, 1.82) is 0 Å². The molecule has 0 bridgehead atoms. The Bertz CT molecular complexity index is 888. The van der Waals surface area contributed by atoms with E-state index in [0.717, 1.165) is 0 Å². The molecular formula is C27H23N. The third-order valence-corrected chi connectivity index (χ3v) is 6.39. The number of rotatable bonds is 4. The largest absolute Gasteiger partial charge is 0.325 e. The van der Waals surface area contributed by atoms with Gasteiger partial charge < -0.3 is 5.73 Å². The lowest BCUT2D eigenvalue weighted by molar-refractivity contribution is 0.690. The molecule has 1 nitrogen and oxygen atoms in total. The fraction of sp³-hybridized carbons (Fsp3) is 0.111. The molecular weight excluding hydrogens is 338 g/mol. The van der Waals surface area contributed by atoms with Gasteiger partial charge in [0, 0.05) is 6.04 Å². The zero-order chi connectivity index (χ0) is 19.0. The van der Waals surface area contributed by atoms with Crippen molar-refractivity contribution in [2.45, 2.75) is 16.9 Å². The maximum Gasteiger partial charge on any atom is 0.0518 e. The van der Waals surface area contributed by atoms with Gasteiger partial charge in [0.1, 0.15) is 0 Å². The van der Waals surface area contributed by atoms with E-state index in [-0.39, 0.29) is 16.9 Å². The molecule has 28 heavy (non-hydrogen) atoms. The summed E-state index contributed by atoms with van der Waals surface area (Å²) >= 11 is 0.